The van der Waals surface area contributed by atoms with Crippen LogP contribution in [0.2, 0.25) is 0 Å². The van der Waals surface area contributed by atoms with Crippen molar-refractivity contribution in [1.82, 2.24) is 0 Å². The predicted molar refractivity (Wildman–Crippen MR) is 222 cm³/mol. The summed E-state index contributed by atoms with van der Waals surface area (Å²) in [6, 6.07) is 38.5. The summed E-state index contributed by atoms with van der Waals surface area (Å²) in [5.41, 5.74) is 16.0. The van der Waals surface area contributed by atoms with Crippen molar-refractivity contribution in [2.45, 2.75) is 115 Å². The minimum atomic E-state index is -2.91. The number of fused-ring (bicyclic) bond motifs is 3. The molecule has 10 rings (SSSR count). The third-order valence-electron chi connectivity index (χ3n) is 14.2. The van der Waals surface area contributed by atoms with Crippen molar-refractivity contribution in [3.05, 3.63) is 151 Å². The molecule has 0 aliphatic heterocycles. The summed E-state index contributed by atoms with van der Waals surface area (Å²) >= 11 is -2.91. The van der Waals surface area contributed by atoms with Gasteiger partial charge in [0.1, 0.15) is 0 Å². The van der Waals surface area contributed by atoms with Crippen molar-refractivity contribution in [2.24, 2.45) is 29.1 Å². The normalized spacial score (nSPS) is 25.0. The van der Waals surface area contributed by atoms with E-state index in [1.54, 1.807) is 25.5 Å². The van der Waals surface area contributed by atoms with Crippen LogP contribution in [0.1, 0.15) is 137 Å². The van der Waals surface area contributed by atoms with E-state index in [0.29, 0.717) is 15.0 Å². The van der Waals surface area contributed by atoms with Gasteiger partial charge in [-0.1, -0.05) is 0 Å². The van der Waals surface area contributed by atoms with Crippen LogP contribution in [0.3, 0.4) is 0 Å². The molecule has 1 atom stereocenters. The zero-order valence-electron chi connectivity index (χ0n) is 34.4. The first-order valence-corrected chi connectivity index (χ1v) is 24.7. The van der Waals surface area contributed by atoms with E-state index in [0.717, 1.165) is 17.8 Å². The van der Waals surface area contributed by atoms with Gasteiger partial charge in [-0.15, -0.1) is 0 Å². The number of hydrogen-bond donors (Lipinski definition) is 0. The molecule has 4 bridgehead atoms. The zero-order valence-corrected chi connectivity index (χ0v) is 38.4. The molecule has 6 aliphatic rings. The summed E-state index contributed by atoms with van der Waals surface area (Å²) in [6.45, 7) is 19.4. The zero-order chi connectivity index (χ0) is 36.9. The maximum Gasteiger partial charge on any atom is -1.00 e. The second-order valence-corrected chi connectivity index (χ2v) is 26.2. The molecule has 0 amide bonds. The Balaban J connectivity index is 0.00000233. The Hall–Kier alpha value is -2.31. The number of hydrogen-bond acceptors (Lipinski definition) is 0. The van der Waals surface area contributed by atoms with Crippen LogP contribution in [0.5, 0.6) is 0 Å². The van der Waals surface area contributed by atoms with Crippen molar-refractivity contribution in [3.63, 3.8) is 0 Å². The second-order valence-electron chi connectivity index (χ2n) is 20.2. The quantitative estimate of drug-likeness (QED) is 0.187. The molecule has 0 heterocycles. The molecule has 0 aromatic heterocycles. The molecule has 0 nitrogen and oxygen atoms in total. The van der Waals surface area contributed by atoms with Crippen LogP contribution in [0.4, 0.5) is 0 Å². The summed E-state index contributed by atoms with van der Waals surface area (Å²) in [5, 5.41) is 0. The molecule has 0 spiro atoms. The molecule has 4 fully saturated rings. The maximum atomic E-state index is 2.78. The maximum absolute atomic E-state index is 2.91. The monoisotopic (exact) mass is 844 g/mol. The van der Waals surface area contributed by atoms with Crippen LogP contribution >= 0.6 is 0 Å². The summed E-state index contributed by atoms with van der Waals surface area (Å²) < 4.78 is 3.93. The number of halogens is 2. The van der Waals surface area contributed by atoms with Crippen molar-refractivity contribution < 1.29 is 46.1 Å². The Labute approximate surface area is 352 Å². The van der Waals surface area contributed by atoms with E-state index in [1.807, 2.05) is 3.28 Å². The van der Waals surface area contributed by atoms with E-state index < -0.39 is 21.3 Å². The second kappa shape index (κ2) is 15.1. The molecule has 286 valence electrons. The SMILES string of the molecule is CC1=[C]([Zr+2](=[C](c2ccccc2)c2ccccc2)[CH]2c3ccc(C(C)(C)C)cc3-c3cc(C(C)(C)C)ccc32)C(C)C=C1CC12CC3CC(CC(C3)C1)C2.[Cl-].[Cl-]. The topological polar surface area (TPSA) is 0 Å². The van der Waals surface area contributed by atoms with Gasteiger partial charge in [-0.05, 0) is 0 Å². The van der Waals surface area contributed by atoms with Gasteiger partial charge in [0.05, 0.1) is 0 Å². The third kappa shape index (κ3) is 7.36. The van der Waals surface area contributed by atoms with Crippen LogP contribution in [0.15, 0.2) is 118 Å². The predicted octanol–water partition coefficient (Wildman–Crippen LogP) is 7.70. The molecule has 4 saturated carbocycles. The van der Waals surface area contributed by atoms with Crippen LogP contribution in [0.25, 0.3) is 11.1 Å². The number of allylic oxidation sites excluding steroid dienone is 4. The first-order valence-electron chi connectivity index (χ1n) is 20.8. The summed E-state index contributed by atoms with van der Waals surface area (Å²) in [7, 11) is 0. The molecule has 1 unspecified atom stereocenters. The Kier molecular flexibility index (Phi) is 11.2. The van der Waals surface area contributed by atoms with Crippen LogP contribution < -0.4 is 24.8 Å². The van der Waals surface area contributed by atoms with Gasteiger partial charge in [0.25, 0.3) is 0 Å². The fourth-order valence-corrected chi connectivity index (χ4v) is 22.2. The van der Waals surface area contributed by atoms with Gasteiger partial charge in [0.15, 0.2) is 0 Å². The van der Waals surface area contributed by atoms with Gasteiger partial charge in [-0.25, -0.2) is 0 Å². The molecule has 6 aliphatic carbocycles. The van der Waals surface area contributed by atoms with E-state index in [-0.39, 0.29) is 35.6 Å². The minimum Gasteiger partial charge on any atom is -1.00 e. The average molecular weight is 847 g/mol. The van der Waals surface area contributed by atoms with Crippen molar-refractivity contribution in [3.8, 4) is 11.1 Å². The van der Waals surface area contributed by atoms with Gasteiger partial charge >= 0.3 is 330 Å². The third-order valence-corrected chi connectivity index (χ3v) is 23.4. The molecular weight excluding hydrogens is 787 g/mol. The van der Waals surface area contributed by atoms with Crippen molar-refractivity contribution in [2.75, 3.05) is 0 Å². The summed E-state index contributed by atoms with van der Waals surface area (Å²) in [4.78, 5) is 0. The first-order chi connectivity index (χ1) is 25.3. The van der Waals surface area contributed by atoms with Crippen LogP contribution in [0, 0.1) is 29.1 Å². The number of rotatable bonds is 6. The fraction of sp³-hybridized carbons (Fsp3) is 0.442. The molecule has 3 heteroatoms. The van der Waals surface area contributed by atoms with Crippen molar-refractivity contribution in [1.29, 1.82) is 0 Å². The number of benzene rings is 4. The largest absolute Gasteiger partial charge is 1.00 e. The molecular formula is C52H60Cl2Zr. The average Bonchev–Trinajstić information content (AvgIpc) is 3.57. The van der Waals surface area contributed by atoms with Gasteiger partial charge in [0.2, 0.25) is 0 Å². The molecule has 0 saturated heterocycles. The summed E-state index contributed by atoms with van der Waals surface area (Å²) in [6.07, 6.45) is 13.1. The molecule has 4 aromatic rings. The minimum absolute atomic E-state index is 0. The fourth-order valence-electron chi connectivity index (χ4n) is 12.2. The molecule has 55 heavy (non-hydrogen) atoms. The van der Waals surface area contributed by atoms with Gasteiger partial charge in [-0.3, -0.25) is 0 Å². The Bertz CT molecular complexity index is 2030. The Morgan fingerprint density at radius 1 is 0.636 bits per heavy atom. The van der Waals surface area contributed by atoms with Gasteiger partial charge in [0, 0.05) is 0 Å². The molecule has 0 radical (unpaired) electrons. The van der Waals surface area contributed by atoms with Crippen LogP contribution in [-0.4, -0.2) is 3.21 Å². The van der Waals surface area contributed by atoms with Crippen LogP contribution in [-0.2, 0) is 32.1 Å². The first kappa shape index (κ1) is 40.9. The van der Waals surface area contributed by atoms with E-state index in [4.69, 9.17) is 0 Å². The Morgan fingerprint density at radius 3 is 1.49 bits per heavy atom. The Morgan fingerprint density at radius 2 is 1.07 bits per heavy atom. The van der Waals surface area contributed by atoms with Crippen molar-refractivity contribution >= 4 is 3.21 Å². The van der Waals surface area contributed by atoms with E-state index >= 15 is 0 Å². The molecule has 4 aromatic carbocycles. The van der Waals surface area contributed by atoms with E-state index in [1.165, 1.54) is 78.3 Å². The van der Waals surface area contributed by atoms with Gasteiger partial charge in [-0.2, -0.15) is 0 Å². The summed E-state index contributed by atoms with van der Waals surface area (Å²) in [5.74, 6) is 3.46. The van der Waals surface area contributed by atoms with Gasteiger partial charge < -0.3 is 24.8 Å². The van der Waals surface area contributed by atoms with E-state index in [9.17, 15) is 0 Å². The standard InChI is InChI=1S/C21H25.C18H25.C13H10.2ClH.Zr/c1-20(2,3)16-9-7-14-11-15-8-10-17(21(4,5)6)13-19(15)18(14)12-16;1-12-3-13(2)17(4-12)11-18-8-14-5-15(9-18)7-16(6-14)10-18;1-3-7-12(8-4-1)11-13-9-5-2-6-10-13;;;/h7-13H,1-6H3;4,12,14-16H,5-11H2,1-2H3;1-10H;2*1H;/q;;;;;+2/p-2. The smallest absolute Gasteiger partial charge is 1.00 e. The van der Waals surface area contributed by atoms with E-state index in [2.05, 4.69) is 159 Å². The molecule has 0 N–H and O–H groups in total.